The number of nitrogens with two attached hydrogens (primary N) is 1. The van der Waals surface area contributed by atoms with Gasteiger partial charge in [-0.3, -0.25) is 0 Å². The maximum absolute atomic E-state index is 5.93. The molecule has 2 aromatic carbocycles. The van der Waals surface area contributed by atoms with E-state index < -0.39 is 0 Å². The van der Waals surface area contributed by atoms with E-state index in [2.05, 4.69) is 84.2 Å². The predicted octanol–water partition coefficient (Wildman–Crippen LogP) is 6.15. The van der Waals surface area contributed by atoms with Gasteiger partial charge < -0.3 is 10.5 Å². The Kier molecular flexibility index (Phi) is 6.39. The number of rotatable bonds is 6. The average Bonchev–Trinajstić information content (AvgIpc) is 2.77. The molecular weight excluding hydrogens is 382 g/mol. The molecule has 0 bridgehead atoms. The fourth-order valence-electron chi connectivity index (χ4n) is 4.57. The van der Waals surface area contributed by atoms with E-state index in [1.54, 1.807) is 7.11 Å². The van der Waals surface area contributed by atoms with Crippen LogP contribution in [0.1, 0.15) is 42.7 Å². The molecule has 3 atom stereocenters. The highest BCUT2D eigenvalue weighted by molar-refractivity contribution is 8.22. The summed E-state index contributed by atoms with van der Waals surface area (Å²) in [6.07, 6.45) is 7.75. The Morgan fingerprint density at radius 3 is 2.61 bits per heavy atom. The van der Waals surface area contributed by atoms with Crippen molar-refractivity contribution in [1.29, 1.82) is 0 Å². The number of methoxy groups -OCH3 is 1. The first-order valence-electron chi connectivity index (χ1n) is 10.2. The SMILES string of the molecule is COc1ccc(C2=C[C@H](c3ccccc3)[C@@H]3CCCC[C@]3(SCCN)S2)cc1. The van der Waals surface area contributed by atoms with Gasteiger partial charge in [-0.15, -0.1) is 23.5 Å². The van der Waals surface area contributed by atoms with Gasteiger partial charge in [0.05, 0.1) is 11.2 Å². The van der Waals surface area contributed by atoms with Crippen molar-refractivity contribution in [2.75, 3.05) is 19.4 Å². The molecule has 1 aliphatic heterocycles. The van der Waals surface area contributed by atoms with Gasteiger partial charge in [0.1, 0.15) is 5.75 Å². The highest BCUT2D eigenvalue weighted by Gasteiger charge is 2.48. The van der Waals surface area contributed by atoms with Gasteiger partial charge in [0.2, 0.25) is 0 Å². The van der Waals surface area contributed by atoms with Gasteiger partial charge in [-0.2, -0.15) is 0 Å². The third-order valence-electron chi connectivity index (χ3n) is 5.93. The van der Waals surface area contributed by atoms with Crippen LogP contribution in [0.2, 0.25) is 0 Å². The smallest absolute Gasteiger partial charge is 0.118 e. The molecule has 2 nitrogen and oxygen atoms in total. The van der Waals surface area contributed by atoms with Gasteiger partial charge in [0.15, 0.2) is 0 Å². The molecule has 1 heterocycles. The zero-order valence-electron chi connectivity index (χ0n) is 16.5. The van der Waals surface area contributed by atoms with Crippen LogP contribution in [-0.2, 0) is 0 Å². The maximum atomic E-state index is 5.93. The second kappa shape index (κ2) is 8.98. The lowest BCUT2D eigenvalue weighted by Crippen LogP contribution is -2.40. The number of benzene rings is 2. The summed E-state index contributed by atoms with van der Waals surface area (Å²) in [6.45, 7) is 0.747. The van der Waals surface area contributed by atoms with Crippen molar-refractivity contribution in [3.05, 3.63) is 71.8 Å². The lowest BCUT2D eigenvalue weighted by atomic mass is 9.75. The first kappa shape index (κ1) is 19.9. The van der Waals surface area contributed by atoms with Crippen LogP contribution in [0.25, 0.3) is 4.91 Å². The van der Waals surface area contributed by atoms with Gasteiger partial charge in [-0.25, -0.2) is 0 Å². The number of allylic oxidation sites excluding steroid dienone is 1. The van der Waals surface area contributed by atoms with Crippen LogP contribution in [0.5, 0.6) is 5.75 Å². The van der Waals surface area contributed by atoms with Gasteiger partial charge in [0, 0.05) is 23.1 Å². The van der Waals surface area contributed by atoms with Crippen LogP contribution < -0.4 is 10.5 Å². The Morgan fingerprint density at radius 1 is 1.11 bits per heavy atom. The number of thioether (sulfide) groups is 2. The number of fused-ring (bicyclic) bond motifs is 1. The van der Waals surface area contributed by atoms with E-state index in [9.17, 15) is 0 Å². The lowest BCUT2D eigenvalue weighted by Gasteiger charge is -2.49. The first-order chi connectivity index (χ1) is 13.8. The lowest BCUT2D eigenvalue weighted by molar-refractivity contribution is 0.320. The van der Waals surface area contributed by atoms with Crippen molar-refractivity contribution in [3.63, 3.8) is 0 Å². The first-order valence-corrected chi connectivity index (χ1v) is 12.0. The zero-order chi connectivity index (χ0) is 19.4. The molecule has 28 heavy (non-hydrogen) atoms. The largest absolute Gasteiger partial charge is 0.497 e. The van der Waals surface area contributed by atoms with E-state index in [1.165, 1.54) is 41.7 Å². The molecule has 2 aliphatic rings. The van der Waals surface area contributed by atoms with Gasteiger partial charge in [0.25, 0.3) is 0 Å². The number of hydrogen-bond donors (Lipinski definition) is 1. The molecule has 2 N–H and O–H groups in total. The molecule has 0 unspecified atom stereocenters. The summed E-state index contributed by atoms with van der Waals surface area (Å²) in [4.78, 5) is 1.40. The summed E-state index contributed by atoms with van der Waals surface area (Å²) in [6, 6.07) is 19.6. The van der Waals surface area contributed by atoms with Crippen molar-refractivity contribution in [2.24, 2.45) is 11.7 Å². The summed E-state index contributed by atoms with van der Waals surface area (Å²) >= 11 is 4.20. The summed E-state index contributed by atoms with van der Waals surface area (Å²) in [5.74, 6) is 3.06. The van der Waals surface area contributed by atoms with Crippen LogP contribution in [0, 0.1) is 5.92 Å². The fraction of sp³-hybridized carbons (Fsp3) is 0.417. The van der Waals surface area contributed by atoms with E-state index >= 15 is 0 Å². The average molecular weight is 412 g/mol. The Hall–Kier alpha value is -1.36. The third-order valence-corrected chi connectivity index (χ3v) is 9.41. The van der Waals surface area contributed by atoms with Gasteiger partial charge in [-0.1, -0.05) is 61.4 Å². The summed E-state index contributed by atoms with van der Waals surface area (Å²) in [7, 11) is 1.72. The van der Waals surface area contributed by atoms with Crippen LogP contribution in [0.3, 0.4) is 0 Å². The zero-order valence-corrected chi connectivity index (χ0v) is 18.1. The van der Waals surface area contributed by atoms with E-state index in [0.29, 0.717) is 11.8 Å². The second-order valence-corrected chi connectivity index (χ2v) is 10.7. The van der Waals surface area contributed by atoms with Crippen LogP contribution in [0.4, 0.5) is 0 Å². The normalized spacial score (nSPS) is 27.0. The molecule has 4 rings (SSSR count). The van der Waals surface area contributed by atoms with Gasteiger partial charge >= 0.3 is 0 Å². The molecule has 0 saturated heterocycles. The molecule has 0 radical (unpaired) electrons. The minimum atomic E-state index is 0.224. The highest BCUT2D eigenvalue weighted by atomic mass is 32.2. The Morgan fingerprint density at radius 2 is 1.89 bits per heavy atom. The molecule has 148 valence electrons. The molecule has 2 aromatic rings. The monoisotopic (exact) mass is 411 g/mol. The maximum Gasteiger partial charge on any atom is 0.118 e. The Labute approximate surface area is 177 Å². The van der Waals surface area contributed by atoms with Crippen molar-refractivity contribution in [3.8, 4) is 5.75 Å². The van der Waals surface area contributed by atoms with Crippen molar-refractivity contribution in [1.82, 2.24) is 0 Å². The molecule has 0 aromatic heterocycles. The predicted molar refractivity (Wildman–Crippen MR) is 124 cm³/mol. The highest BCUT2D eigenvalue weighted by Crippen LogP contribution is 2.63. The van der Waals surface area contributed by atoms with E-state index in [0.717, 1.165) is 18.0 Å². The van der Waals surface area contributed by atoms with Crippen molar-refractivity contribution >= 4 is 28.4 Å². The summed E-state index contributed by atoms with van der Waals surface area (Å²) in [5, 5.41) is 0. The topological polar surface area (TPSA) is 35.2 Å². The molecule has 1 fully saturated rings. The summed E-state index contributed by atoms with van der Waals surface area (Å²) in [5.41, 5.74) is 8.67. The minimum absolute atomic E-state index is 0.224. The summed E-state index contributed by atoms with van der Waals surface area (Å²) < 4.78 is 5.59. The van der Waals surface area contributed by atoms with Gasteiger partial charge in [-0.05, 0) is 42.0 Å². The number of ether oxygens (including phenoxy) is 1. The van der Waals surface area contributed by atoms with E-state index in [4.69, 9.17) is 10.5 Å². The molecular formula is C24H29NOS2. The molecule has 0 spiro atoms. The Bertz CT molecular complexity index is 805. The van der Waals surface area contributed by atoms with Crippen LogP contribution in [0.15, 0.2) is 60.7 Å². The molecule has 1 aliphatic carbocycles. The minimum Gasteiger partial charge on any atom is -0.497 e. The quantitative estimate of drug-likeness (QED) is 0.619. The van der Waals surface area contributed by atoms with E-state index in [1.807, 2.05) is 0 Å². The Balaban J connectivity index is 1.77. The number of hydrogen-bond acceptors (Lipinski definition) is 4. The molecule has 1 saturated carbocycles. The fourth-order valence-corrected chi connectivity index (χ4v) is 8.06. The van der Waals surface area contributed by atoms with Crippen molar-refractivity contribution < 1.29 is 4.74 Å². The standard InChI is InChI=1S/C24H29NOS2/c1-26-20-12-10-19(11-13-20)23-17-21(18-7-3-2-4-8-18)22-9-5-6-14-24(22,28-23)27-16-15-25/h2-4,7-8,10-13,17,21-22H,5-6,9,14-16,25H2,1H3/t21-,22+,24+/m1/s1. The molecule has 0 amide bonds. The van der Waals surface area contributed by atoms with Crippen molar-refractivity contribution in [2.45, 2.75) is 35.7 Å². The third kappa shape index (κ3) is 4.00. The van der Waals surface area contributed by atoms with Crippen LogP contribution >= 0.6 is 23.5 Å². The van der Waals surface area contributed by atoms with E-state index in [-0.39, 0.29) is 4.08 Å². The van der Waals surface area contributed by atoms with Crippen LogP contribution in [-0.4, -0.2) is 23.5 Å². The molecule has 4 heteroatoms. The second-order valence-electron chi connectivity index (χ2n) is 7.60.